The summed E-state index contributed by atoms with van der Waals surface area (Å²) in [6, 6.07) is 15.4. The summed E-state index contributed by atoms with van der Waals surface area (Å²) in [6.07, 6.45) is 0. The quantitative estimate of drug-likeness (QED) is 0.429. The van der Waals surface area contributed by atoms with Gasteiger partial charge in [0.1, 0.15) is 11.9 Å². The minimum absolute atomic E-state index is 0. The van der Waals surface area contributed by atoms with E-state index < -0.39 is 5.82 Å². The lowest BCUT2D eigenvalue weighted by Gasteiger charge is -1.86. The Morgan fingerprint density at radius 1 is 1.00 bits per heavy atom. The van der Waals surface area contributed by atoms with E-state index >= 15 is 0 Å². The number of aromatic nitrogens is 2. The fraction of sp³-hybridized carbons (Fsp3) is 0.222. The predicted molar refractivity (Wildman–Crippen MR) is 103 cm³/mol. The number of nitrogen functional groups attached to an aromatic ring is 1. The van der Waals surface area contributed by atoms with Crippen LogP contribution in [-0.4, -0.2) is 15.7 Å². The molecular weight excluding hydrogens is 335 g/mol. The summed E-state index contributed by atoms with van der Waals surface area (Å²) in [5.74, 6) is 0.107. The van der Waals surface area contributed by atoms with Crippen LogP contribution < -0.4 is 5.73 Å². The second-order valence-electron chi connectivity index (χ2n) is 3.75. The van der Waals surface area contributed by atoms with Gasteiger partial charge in [0.25, 0.3) is 0 Å². The molecule has 7 N–H and O–H groups in total. The molecule has 1 aromatic heterocycles. The number of H-pyrrole nitrogens is 1. The molecule has 0 bridgehead atoms. The van der Waals surface area contributed by atoms with Crippen LogP contribution >= 0.6 is 0 Å². The van der Waals surface area contributed by atoms with Gasteiger partial charge in [0.2, 0.25) is 0 Å². The third-order valence-corrected chi connectivity index (χ3v) is 2.49. The van der Waals surface area contributed by atoms with Gasteiger partial charge in [-0.15, -0.1) is 0 Å². The molecule has 7 nitrogen and oxygen atoms in total. The molecule has 3 aromatic rings. The summed E-state index contributed by atoms with van der Waals surface area (Å²) in [7, 11) is 0. The number of benzene rings is 2. The van der Waals surface area contributed by atoms with E-state index in [1.54, 1.807) is 18.2 Å². The van der Waals surface area contributed by atoms with Gasteiger partial charge in [-0.05, 0) is 24.3 Å². The number of para-hydroxylation sites is 1. The lowest BCUT2D eigenvalue weighted by atomic mass is 10.2. The number of nitrogens with two attached hydrogens (primary N) is 1. The molecule has 0 aliphatic rings. The Bertz CT molecular complexity index is 755. The topological polar surface area (TPSA) is 158 Å². The predicted octanol–water partition coefficient (Wildman–Crippen LogP) is 4.67. The van der Waals surface area contributed by atoms with E-state index in [9.17, 15) is 4.39 Å². The first-order valence-corrected chi connectivity index (χ1v) is 7.80. The molecule has 26 heavy (non-hydrogen) atoms. The molecule has 0 saturated heterocycles. The van der Waals surface area contributed by atoms with Crippen molar-refractivity contribution in [3.8, 4) is 6.07 Å². The highest BCUT2D eigenvalue weighted by Gasteiger charge is 1.97. The molecule has 0 unspecified atom stereocenters. The van der Waals surface area contributed by atoms with Crippen molar-refractivity contribution in [1.82, 2.24) is 10.2 Å². The maximum Gasteiger partial charge on any atom is 0.153 e. The Morgan fingerprint density at radius 3 is 1.96 bits per heavy atom. The summed E-state index contributed by atoms with van der Waals surface area (Å²) in [5.41, 5.74) is 16.6. The molecule has 0 saturated carbocycles. The summed E-state index contributed by atoms with van der Waals surface area (Å²) in [4.78, 5) is 0. The average molecular weight is 362 g/mol. The van der Waals surface area contributed by atoms with Crippen LogP contribution in [0.25, 0.3) is 10.9 Å². The third-order valence-electron chi connectivity index (χ3n) is 2.49. The monoisotopic (exact) mass is 362 g/mol. The Kier molecular flexibility index (Phi) is 19.1. The van der Waals surface area contributed by atoms with Crippen molar-refractivity contribution in [3.05, 3.63) is 59.9 Å². The maximum absolute atomic E-state index is 12.4. The summed E-state index contributed by atoms with van der Waals surface area (Å²) < 4.78 is 12.4. The lowest BCUT2D eigenvalue weighted by molar-refractivity contribution is 0.624. The van der Waals surface area contributed by atoms with Crippen molar-refractivity contribution in [3.63, 3.8) is 0 Å². The van der Waals surface area contributed by atoms with E-state index in [4.69, 9.17) is 22.1 Å². The largest absolute Gasteiger partial charge is 0.412 e. The van der Waals surface area contributed by atoms with E-state index in [0.717, 1.165) is 10.9 Å². The zero-order valence-electron chi connectivity index (χ0n) is 15.5. The number of fused-ring (bicyclic) bond motifs is 1. The molecular formula is C18H27FN6O. The maximum atomic E-state index is 12.4. The highest BCUT2D eigenvalue weighted by molar-refractivity contribution is 5.88. The Balaban J connectivity index is -0.000000309. The molecule has 0 atom stereocenters. The molecule has 3 rings (SSSR count). The van der Waals surface area contributed by atoms with Crippen LogP contribution in [0.2, 0.25) is 0 Å². The zero-order chi connectivity index (χ0) is 19.7. The number of nitriles is 1. The van der Waals surface area contributed by atoms with E-state index in [-0.39, 0.29) is 11.0 Å². The highest BCUT2D eigenvalue weighted by Crippen LogP contribution is 2.15. The standard InChI is InChI=1S/C7H4FN.C7H7N3.2C2H6.H2N2.H2O/c8-7-4-2-1-3-6(7)5-9;8-7-5-3-1-2-4-6(5)9-10-7;3*1-2;/h1-4H;1-4H,(H3,8,9,10);2*1-2H3;1-2H;1H2. The number of nitrogens with one attached hydrogen (secondary N) is 3. The smallest absolute Gasteiger partial charge is 0.153 e. The highest BCUT2D eigenvalue weighted by atomic mass is 19.1. The minimum atomic E-state index is -0.458. The third kappa shape index (κ3) is 9.10. The van der Waals surface area contributed by atoms with Crippen LogP contribution in [0.3, 0.4) is 0 Å². The van der Waals surface area contributed by atoms with E-state index in [1.807, 2.05) is 52.0 Å². The van der Waals surface area contributed by atoms with Gasteiger partial charge in [0.15, 0.2) is 5.82 Å². The van der Waals surface area contributed by atoms with Gasteiger partial charge in [-0.25, -0.2) is 15.5 Å². The second kappa shape index (κ2) is 18.0. The Labute approximate surface area is 153 Å². The van der Waals surface area contributed by atoms with Crippen molar-refractivity contribution in [2.24, 2.45) is 0 Å². The average Bonchev–Trinajstić information content (AvgIpc) is 3.09. The summed E-state index contributed by atoms with van der Waals surface area (Å²) >= 11 is 0. The van der Waals surface area contributed by atoms with Gasteiger partial charge in [-0.2, -0.15) is 10.4 Å². The van der Waals surface area contributed by atoms with Gasteiger partial charge >= 0.3 is 0 Å². The van der Waals surface area contributed by atoms with Crippen molar-refractivity contribution in [2.45, 2.75) is 27.7 Å². The first-order chi connectivity index (χ1) is 12.2. The molecule has 0 aliphatic heterocycles. The number of rotatable bonds is 0. The van der Waals surface area contributed by atoms with E-state index in [2.05, 4.69) is 10.2 Å². The number of halogens is 1. The molecule has 0 radical (unpaired) electrons. The molecule has 0 aliphatic carbocycles. The fourth-order valence-electron chi connectivity index (χ4n) is 1.54. The van der Waals surface area contributed by atoms with Crippen molar-refractivity contribution < 1.29 is 9.87 Å². The molecule has 8 heteroatoms. The molecule has 1 heterocycles. The van der Waals surface area contributed by atoms with Crippen molar-refractivity contribution in [2.75, 3.05) is 5.73 Å². The molecule has 0 spiro atoms. The van der Waals surface area contributed by atoms with Crippen molar-refractivity contribution in [1.29, 1.82) is 16.3 Å². The van der Waals surface area contributed by atoms with Crippen LogP contribution in [0.1, 0.15) is 33.3 Å². The number of hydrogen-bond donors (Lipinski definition) is 4. The van der Waals surface area contributed by atoms with Crippen LogP contribution in [0.4, 0.5) is 10.2 Å². The second-order valence-corrected chi connectivity index (χ2v) is 3.75. The van der Waals surface area contributed by atoms with Crippen LogP contribution in [0.15, 0.2) is 48.5 Å². The van der Waals surface area contributed by atoms with Crippen LogP contribution in [0, 0.1) is 28.2 Å². The normalized spacial score (nSPS) is 7.54. The van der Waals surface area contributed by atoms with Crippen molar-refractivity contribution >= 4 is 16.7 Å². The van der Waals surface area contributed by atoms with E-state index in [1.165, 1.54) is 12.1 Å². The molecule has 0 amide bonds. The summed E-state index contributed by atoms with van der Waals surface area (Å²) in [5, 5.41) is 15.9. The van der Waals surface area contributed by atoms with Gasteiger partial charge in [-0.1, -0.05) is 52.0 Å². The van der Waals surface area contributed by atoms with Gasteiger partial charge < -0.3 is 11.2 Å². The first-order valence-electron chi connectivity index (χ1n) is 7.80. The lowest BCUT2D eigenvalue weighted by Crippen LogP contribution is -1.82. The number of aromatic amines is 1. The Hall–Kier alpha value is -3.31. The molecule has 2 aromatic carbocycles. The van der Waals surface area contributed by atoms with Gasteiger partial charge in [0, 0.05) is 5.39 Å². The number of hydrogen-bond acceptors (Lipinski definition) is 5. The SMILES string of the molecule is CC.CC.N#Cc1ccccc1F.N=N.Nc1n[nH]c2ccccc12.O. The Morgan fingerprint density at radius 2 is 1.50 bits per heavy atom. The van der Waals surface area contributed by atoms with Gasteiger partial charge in [0.05, 0.1) is 11.1 Å². The number of anilines is 1. The fourth-order valence-corrected chi connectivity index (χ4v) is 1.54. The van der Waals surface area contributed by atoms with Crippen LogP contribution in [0.5, 0.6) is 0 Å². The van der Waals surface area contributed by atoms with Crippen LogP contribution in [-0.2, 0) is 0 Å². The molecule has 142 valence electrons. The number of nitrogens with zero attached hydrogens (tertiary/aromatic N) is 2. The minimum Gasteiger partial charge on any atom is -0.412 e. The zero-order valence-corrected chi connectivity index (χ0v) is 15.5. The molecule has 0 fully saturated rings. The van der Waals surface area contributed by atoms with E-state index in [0.29, 0.717) is 5.82 Å². The van der Waals surface area contributed by atoms with Gasteiger partial charge in [-0.3, -0.25) is 5.10 Å². The summed E-state index contributed by atoms with van der Waals surface area (Å²) in [6.45, 7) is 8.00. The first kappa shape index (κ1) is 27.5.